The van der Waals surface area contributed by atoms with Crippen LogP contribution in [0.4, 0.5) is 0 Å². The van der Waals surface area contributed by atoms with Gasteiger partial charge in [-0.15, -0.1) is 0 Å². The minimum atomic E-state index is 0.692. The summed E-state index contributed by atoms with van der Waals surface area (Å²) in [6.45, 7) is 6.45. The van der Waals surface area contributed by atoms with Gasteiger partial charge in [-0.3, -0.25) is 0 Å². The summed E-state index contributed by atoms with van der Waals surface area (Å²) in [6, 6.07) is 8.14. The topological polar surface area (TPSA) is 37.3 Å². The minimum Gasteiger partial charge on any atom is -0.496 e. The van der Waals surface area contributed by atoms with Crippen molar-refractivity contribution < 1.29 is 9.57 Å². The van der Waals surface area contributed by atoms with Gasteiger partial charge in [-0.1, -0.05) is 23.4 Å². The van der Waals surface area contributed by atoms with E-state index in [4.69, 9.17) is 9.57 Å². The van der Waals surface area contributed by atoms with E-state index in [1.165, 1.54) is 31.5 Å². The molecule has 0 unspecified atom stereocenters. The van der Waals surface area contributed by atoms with Crippen LogP contribution in [0.2, 0.25) is 0 Å². The van der Waals surface area contributed by atoms with Crippen LogP contribution in [0.5, 0.6) is 5.75 Å². The standard InChI is InChI=1S/C22H33N3O2/c1-24-13-15-25(16-14-24)12-7-17-27-23-21-10-5-3-8-19(21)18-20-9-4-6-11-22(20)26-2/h4,6,9,11,18H,3,5,7-8,10,12-17H2,1-2H3. The summed E-state index contributed by atoms with van der Waals surface area (Å²) in [5, 5.41) is 4.49. The number of benzene rings is 1. The summed E-state index contributed by atoms with van der Waals surface area (Å²) in [4.78, 5) is 10.6. The highest BCUT2D eigenvalue weighted by molar-refractivity contribution is 6.04. The number of nitrogens with zero attached hydrogens (tertiary/aromatic N) is 3. The van der Waals surface area contributed by atoms with Crippen LogP contribution in [0, 0.1) is 0 Å². The molecule has 0 radical (unpaired) electrons. The molecule has 1 saturated heterocycles. The summed E-state index contributed by atoms with van der Waals surface area (Å²) in [5.74, 6) is 0.906. The Morgan fingerprint density at radius 2 is 1.85 bits per heavy atom. The van der Waals surface area contributed by atoms with Gasteiger partial charge in [0.15, 0.2) is 0 Å². The first kappa shape index (κ1) is 19.9. The van der Waals surface area contributed by atoms with E-state index in [9.17, 15) is 0 Å². The number of allylic oxidation sites excluding steroid dienone is 1. The Bertz CT molecular complexity index is 649. The first-order valence-electron chi connectivity index (χ1n) is 10.2. The average Bonchev–Trinajstić information content (AvgIpc) is 2.71. The Balaban J connectivity index is 1.51. The van der Waals surface area contributed by atoms with Crippen molar-refractivity contribution in [1.29, 1.82) is 0 Å². The van der Waals surface area contributed by atoms with Crippen LogP contribution in [0.1, 0.15) is 37.7 Å². The Morgan fingerprint density at radius 1 is 1.07 bits per heavy atom. The Morgan fingerprint density at radius 3 is 2.67 bits per heavy atom. The fourth-order valence-electron chi connectivity index (χ4n) is 3.69. The van der Waals surface area contributed by atoms with Gasteiger partial charge in [0.2, 0.25) is 0 Å². The molecule has 1 aromatic carbocycles. The zero-order chi connectivity index (χ0) is 18.9. The molecule has 1 heterocycles. The largest absolute Gasteiger partial charge is 0.496 e. The molecule has 1 aliphatic carbocycles. The third-order valence-corrected chi connectivity index (χ3v) is 5.43. The molecule has 2 fully saturated rings. The predicted molar refractivity (Wildman–Crippen MR) is 111 cm³/mol. The van der Waals surface area contributed by atoms with Crippen molar-refractivity contribution in [2.75, 3.05) is 53.5 Å². The van der Waals surface area contributed by atoms with Gasteiger partial charge in [0.05, 0.1) is 12.8 Å². The van der Waals surface area contributed by atoms with Crippen LogP contribution in [0.25, 0.3) is 6.08 Å². The fourth-order valence-corrected chi connectivity index (χ4v) is 3.69. The first-order chi connectivity index (χ1) is 13.3. The van der Waals surface area contributed by atoms with Gasteiger partial charge in [0, 0.05) is 38.3 Å². The van der Waals surface area contributed by atoms with Crippen LogP contribution < -0.4 is 4.74 Å². The van der Waals surface area contributed by atoms with Crippen LogP contribution in [-0.2, 0) is 4.84 Å². The molecule has 0 spiro atoms. The second-order valence-corrected chi connectivity index (χ2v) is 7.49. The van der Waals surface area contributed by atoms with Crippen molar-refractivity contribution in [2.24, 2.45) is 5.16 Å². The van der Waals surface area contributed by atoms with Crippen molar-refractivity contribution in [2.45, 2.75) is 32.1 Å². The van der Waals surface area contributed by atoms with E-state index in [1.807, 2.05) is 18.2 Å². The zero-order valence-corrected chi connectivity index (χ0v) is 16.8. The highest BCUT2D eigenvalue weighted by atomic mass is 16.6. The maximum Gasteiger partial charge on any atom is 0.126 e. The molecule has 0 bridgehead atoms. The Hall–Kier alpha value is -1.85. The molecule has 3 rings (SSSR count). The van der Waals surface area contributed by atoms with E-state index >= 15 is 0 Å². The van der Waals surface area contributed by atoms with E-state index in [2.05, 4.69) is 34.1 Å². The first-order valence-corrected chi connectivity index (χ1v) is 10.2. The number of rotatable bonds is 7. The normalized spacial score (nSPS) is 22.3. The highest BCUT2D eigenvalue weighted by Crippen LogP contribution is 2.27. The van der Waals surface area contributed by atoms with Gasteiger partial charge < -0.3 is 19.4 Å². The molecule has 1 saturated carbocycles. The molecule has 148 valence electrons. The van der Waals surface area contributed by atoms with E-state index in [0.717, 1.165) is 55.9 Å². The fraction of sp³-hybridized carbons (Fsp3) is 0.591. The van der Waals surface area contributed by atoms with Crippen molar-refractivity contribution in [3.63, 3.8) is 0 Å². The van der Waals surface area contributed by atoms with Gasteiger partial charge in [-0.05, 0) is 56.9 Å². The van der Waals surface area contributed by atoms with Crippen LogP contribution >= 0.6 is 0 Å². The molecule has 27 heavy (non-hydrogen) atoms. The van der Waals surface area contributed by atoms with Gasteiger partial charge >= 0.3 is 0 Å². The van der Waals surface area contributed by atoms with E-state index in [-0.39, 0.29) is 0 Å². The van der Waals surface area contributed by atoms with Crippen molar-refractivity contribution >= 4 is 11.8 Å². The Kier molecular flexibility index (Phi) is 7.72. The molecule has 2 aliphatic rings. The highest BCUT2D eigenvalue weighted by Gasteiger charge is 2.16. The quantitative estimate of drug-likeness (QED) is 0.541. The lowest BCUT2D eigenvalue weighted by atomic mass is 9.91. The van der Waals surface area contributed by atoms with Gasteiger partial charge in [0.25, 0.3) is 0 Å². The smallest absolute Gasteiger partial charge is 0.126 e. The van der Waals surface area contributed by atoms with Crippen LogP contribution in [0.3, 0.4) is 0 Å². The van der Waals surface area contributed by atoms with Gasteiger partial charge in [0.1, 0.15) is 12.4 Å². The molecular formula is C22H33N3O2. The second-order valence-electron chi connectivity index (χ2n) is 7.49. The van der Waals surface area contributed by atoms with Crippen LogP contribution in [0.15, 0.2) is 35.0 Å². The maximum atomic E-state index is 5.69. The third-order valence-electron chi connectivity index (χ3n) is 5.43. The van der Waals surface area contributed by atoms with Crippen LogP contribution in [-0.4, -0.2) is 69.0 Å². The average molecular weight is 372 g/mol. The number of piperazine rings is 1. The third kappa shape index (κ3) is 6.08. The van der Waals surface area contributed by atoms with Gasteiger partial charge in [-0.2, -0.15) is 0 Å². The SMILES string of the molecule is COc1ccccc1C=C1CCCCC1=NOCCCN1CCN(C)CC1. The van der Waals surface area contributed by atoms with E-state index in [0.29, 0.717) is 6.61 Å². The number of methoxy groups -OCH3 is 1. The molecule has 0 atom stereocenters. The minimum absolute atomic E-state index is 0.692. The monoisotopic (exact) mass is 371 g/mol. The number of hydrogen-bond donors (Lipinski definition) is 0. The summed E-state index contributed by atoms with van der Waals surface area (Å²) in [7, 11) is 3.91. The summed E-state index contributed by atoms with van der Waals surface area (Å²) < 4.78 is 5.48. The molecule has 0 aromatic heterocycles. The molecule has 0 amide bonds. The predicted octanol–water partition coefficient (Wildman–Crippen LogP) is 3.66. The molecule has 1 aliphatic heterocycles. The molecule has 5 nitrogen and oxygen atoms in total. The molecule has 1 aromatic rings. The number of likely N-dealkylation sites (N-methyl/N-ethyl adjacent to an activating group) is 1. The maximum absolute atomic E-state index is 5.69. The van der Waals surface area contributed by atoms with Gasteiger partial charge in [-0.25, -0.2) is 0 Å². The Labute approximate surface area is 163 Å². The van der Waals surface area contributed by atoms with Crippen molar-refractivity contribution in [3.05, 3.63) is 35.4 Å². The van der Waals surface area contributed by atoms with E-state index < -0.39 is 0 Å². The lowest BCUT2D eigenvalue weighted by Gasteiger charge is -2.32. The number of oxime groups is 1. The number of para-hydroxylation sites is 1. The molecule has 0 N–H and O–H groups in total. The summed E-state index contributed by atoms with van der Waals surface area (Å²) >= 11 is 0. The number of hydrogen-bond acceptors (Lipinski definition) is 5. The summed E-state index contributed by atoms with van der Waals surface area (Å²) in [5.41, 5.74) is 3.50. The van der Waals surface area contributed by atoms with E-state index in [1.54, 1.807) is 7.11 Å². The lowest BCUT2D eigenvalue weighted by molar-refractivity contribution is 0.110. The number of ether oxygens (including phenoxy) is 1. The molecular weight excluding hydrogens is 338 g/mol. The van der Waals surface area contributed by atoms with Crippen molar-refractivity contribution in [3.8, 4) is 5.75 Å². The summed E-state index contributed by atoms with van der Waals surface area (Å²) in [6.07, 6.45) is 7.70. The zero-order valence-electron chi connectivity index (χ0n) is 16.8. The molecule has 5 heteroatoms. The lowest BCUT2D eigenvalue weighted by Crippen LogP contribution is -2.44. The van der Waals surface area contributed by atoms with Crippen molar-refractivity contribution in [1.82, 2.24) is 9.80 Å². The second kappa shape index (κ2) is 10.5.